The highest BCUT2D eigenvalue weighted by atomic mass is 19.1. The number of pyridine rings is 1. The lowest BCUT2D eigenvalue weighted by molar-refractivity contribution is 0.392. The van der Waals surface area contributed by atoms with Crippen molar-refractivity contribution in [2.24, 2.45) is 0 Å². The molecule has 0 aliphatic rings. The first-order chi connectivity index (χ1) is 14.5. The Balaban J connectivity index is 1.54. The summed E-state index contributed by atoms with van der Waals surface area (Å²) in [6, 6.07) is 13.5. The van der Waals surface area contributed by atoms with Crippen LogP contribution in [-0.4, -0.2) is 26.4 Å². The zero-order chi connectivity index (χ0) is 21.1. The van der Waals surface area contributed by atoms with Crippen LogP contribution in [0, 0.1) is 11.6 Å². The lowest BCUT2D eigenvalue weighted by atomic mass is 10.2. The summed E-state index contributed by atoms with van der Waals surface area (Å²) in [4.78, 5) is 16.6. The van der Waals surface area contributed by atoms with Gasteiger partial charge >= 0.3 is 5.69 Å². The standard InChI is InChI=1S/C21H16F2N4O3/c1-29-20-11-16(9-10-24-20)30-15-7-5-14(6-8-15)27-21(28)26(13-25-27)12-17-18(22)3-2-4-19(17)23/h2-11,13H,12H2,1H3. The fourth-order valence-electron chi connectivity index (χ4n) is 2.83. The normalized spacial score (nSPS) is 10.8. The van der Waals surface area contributed by atoms with Gasteiger partial charge in [0.25, 0.3) is 0 Å². The molecule has 0 saturated carbocycles. The first kappa shape index (κ1) is 19.3. The maximum absolute atomic E-state index is 13.9. The second kappa shape index (κ2) is 8.16. The first-order valence-corrected chi connectivity index (χ1v) is 8.91. The summed E-state index contributed by atoms with van der Waals surface area (Å²) >= 11 is 0. The Labute approximate surface area is 169 Å². The van der Waals surface area contributed by atoms with E-state index in [1.165, 1.54) is 19.5 Å². The average Bonchev–Trinajstić information content (AvgIpc) is 3.12. The first-order valence-electron chi connectivity index (χ1n) is 8.91. The third-order valence-electron chi connectivity index (χ3n) is 4.36. The van der Waals surface area contributed by atoms with Gasteiger partial charge in [0, 0.05) is 17.8 Å². The molecule has 0 bridgehead atoms. The van der Waals surface area contributed by atoms with Crippen molar-refractivity contribution < 1.29 is 18.3 Å². The van der Waals surface area contributed by atoms with Crippen LogP contribution in [0.1, 0.15) is 5.56 Å². The molecule has 0 saturated heterocycles. The molecule has 0 atom stereocenters. The van der Waals surface area contributed by atoms with Crippen molar-refractivity contribution in [2.75, 3.05) is 7.11 Å². The second-order valence-corrected chi connectivity index (χ2v) is 6.28. The summed E-state index contributed by atoms with van der Waals surface area (Å²) in [5.74, 6) is 0.0659. The van der Waals surface area contributed by atoms with Gasteiger partial charge in [-0.25, -0.2) is 18.6 Å². The molecule has 2 aromatic carbocycles. The Morgan fingerprint density at radius 2 is 1.73 bits per heavy atom. The van der Waals surface area contributed by atoms with Gasteiger partial charge in [0.05, 0.1) is 19.3 Å². The second-order valence-electron chi connectivity index (χ2n) is 6.28. The lowest BCUT2D eigenvalue weighted by Crippen LogP contribution is -2.24. The topological polar surface area (TPSA) is 71.2 Å². The highest BCUT2D eigenvalue weighted by Crippen LogP contribution is 2.24. The third kappa shape index (κ3) is 3.90. The molecule has 30 heavy (non-hydrogen) atoms. The number of halogens is 2. The molecule has 0 unspecified atom stereocenters. The van der Waals surface area contributed by atoms with Crippen molar-refractivity contribution in [2.45, 2.75) is 6.54 Å². The van der Waals surface area contributed by atoms with Crippen LogP contribution in [0.4, 0.5) is 8.78 Å². The molecule has 0 amide bonds. The summed E-state index contributed by atoms with van der Waals surface area (Å²) in [5, 5.41) is 4.03. The number of aromatic nitrogens is 4. The van der Waals surface area contributed by atoms with Crippen LogP contribution in [0.2, 0.25) is 0 Å². The van der Waals surface area contributed by atoms with Gasteiger partial charge < -0.3 is 9.47 Å². The lowest BCUT2D eigenvalue weighted by Gasteiger charge is -2.07. The van der Waals surface area contributed by atoms with Crippen molar-refractivity contribution in [3.05, 3.63) is 94.8 Å². The Hall–Kier alpha value is -4.01. The van der Waals surface area contributed by atoms with E-state index in [0.29, 0.717) is 23.1 Å². The number of nitrogens with zero attached hydrogens (tertiary/aromatic N) is 4. The van der Waals surface area contributed by atoms with Crippen molar-refractivity contribution in [3.63, 3.8) is 0 Å². The fraction of sp³-hybridized carbons (Fsp3) is 0.0952. The fourth-order valence-corrected chi connectivity index (χ4v) is 2.83. The number of rotatable bonds is 6. The van der Waals surface area contributed by atoms with Gasteiger partial charge in [-0.05, 0) is 42.5 Å². The van der Waals surface area contributed by atoms with E-state index in [2.05, 4.69) is 10.1 Å². The number of benzene rings is 2. The van der Waals surface area contributed by atoms with Crippen LogP contribution in [-0.2, 0) is 6.54 Å². The third-order valence-corrected chi connectivity index (χ3v) is 4.36. The van der Waals surface area contributed by atoms with E-state index >= 15 is 0 Å². The molecular formula is C21H16F2N4O3. The molecule has 2 heterocycles. The minimum Gasteiger partial charge on any atom is -0.481 e. The number of ether oxygens (including phenoxy) is 2. The summed E-state index contributed by atoms with van der Waals surface area (Å²) in [6.07, 6.45) is 2.80. The highest BCUT2D eigenvalue weighted by Gasteiger charge is 2.13. The molecule has 9 heteroatoms. The van der Waals surface area contributed by atoms with Gasteiger partial charge in [-0.2, -0.15) is 9.78 Å². The predicted molar refractivity (Wildman–Crippen MR) is 104 cm³/mol. The summed E-state index contributed by atoms with van der Waals surface area (Å²) in [5.41, 5.74) is -0.242. The Morgan fingerprint density at radius 3 is 2.43 bits per heavy atom. The van der Waals surface area contributed by atoms with Gasteiger partial charge in [0.15, 0.2) is 0 Å². The van der Waals surface area contributed by atoms with E-state index in [1.54, 1.807) is 42.6 Å². The summed E-state index contributed by atoms with van der Waals surface area (Å²) in [7, 11) is 1.51. The number of hydrogen-bond donors (Lipinski definition) is 0. The van der Waals surface area contributed by atoms with E-state index in [4.69, 9.17) is 9.47 Å². The minimum absolute atomic E-state index is 0.198. The van der Waals surface area contributed by atoms with Crippen LogP contribution in [0.3, 0.4) is 0 Å². The molecule has 4 aromatic rings. The molecule has 152 valence electrons. The SMILES string of the molecule is COc1cc(Oc2ccc(-n3ncn(Cc4c(F)cccc4F)c3=O)cc2)ccn1. The van der Waals surface area contributed by atoms with Crippen LogP contribution in [0.5, 0.6) is 17.4 Å². The molecule has 0 aliphatic heterocycles. The number of hydrogen-bond acceptors (Lipinski definition) is 5. The molecule has 0 aliphatic carbocycles. The maximum Gasteiger partial charge on any atom is 0.350 e. The van der Waals surface area contributed by atoms with E-state index < -0.39 is 17.3 Å². The molecular weight excluding hydrogens is 394 g/mol. The van der Waals surface area contributed by atoms with Gasteiger partial charge in [-0.1, -0.05) is 6.07 Å². The Kier molecular flexibility index (Phi) is 5.25. The molecule has 0 radical (unpaired) electrons. The predicted octanol–water partition coefficient (Wildman–Crippen LogP) is 3.56. The van der Waals surface area contributed by atoms with Gasteiger partial charge in [0.1, 0.15) is 29.5 Å². The Bertz CT molecular complexity index is 1220. The average molecular weight is 410 g/mol. The van der Waals surface area contributed by atoms with E-state index in [9.17, 15) is 13.6 Å². The molecule has 7 nitrogen and oxygen atoms in total. The van der Waals surface area contributed by atoms with Gasteiger partial charge in [-0.3, -0.25) is 4.57 Å². The van der Waals surface area contributed by atoms with Gasteiger partial charge in [0.2, 0.25) is 5.88 Å². The van der Waals surface area contributed by atoms with Crippen molar-refractivity contribution in [3.8, 4) is 23.1 Å². The van der Waals surface area contributed by atoms with Crippen LogP contribution in [0.25, 0.3) is 5.69 Å². The summed E-state index contributed by atoms with van der Waals surface area (Å²) in [6.45, 7) is -0.261. The Morgan fingerprint density at radius 1 is 1.00 bits per heavy atom. The van der Waals surface area contributed by atoms with Gasteiger partial charge in [-0.15, -0.1) is 0 Å². The van der Waals surface area contributed by atoms with Crippen molar-refractivity contribution >= 4 is 0 Å². The van der Waals surface area contributed by atoms with Crippen LogP contribution >= 0.6 is 0 Å². The molecule has 4 rings (SSSR count). The largest absolute Gasteiger partial charge is 0.481 e. The maximum atomic E-state index is 13.9. The van der Waals surface area contributed by atoms with Crippen molar-refractivity contribution in [1.82, 2.24) is 19.3 Å². The monoisotopic (exact) mass is 410 g/mol. The zero-order valence-electron chi connectivity index (χ0n) is 15.8. The van der Waals surface area contributed by atoms with E-state index in [0.717, 1.165) is 21.4 Å². The minimum atomic E-state index is -0.719. The van der Waals surface area contributed by atoms with E-state index in [1.807, 2.05) is 0 Å². The molecule has 0 fully saturated rings. The highest BCUT2D eigenvalue weighted by molar-refractivity contribution is 5.39. The van der Waals surface area contributed by atoms with Crippen LogP contribution in [0.15, 0.2) is 71.9 Å². The summed E-state index contributed by atoms with van der Waals surface area (Å²) < 4.78 is 40.8. The molecule has 2 aromatic heterocycles. The molecule has 0 N–H and O–H groups in total. The molecule has 0 spiro atoms. The number of methoxy groups -OCH3 is 1. The van der Waals surface area contributed by atoms with Crippen LogP contribution < -0.4 is 15.2 Å². The van der Waals surface area contributed by atoms with E-state index in [-0.39, 0.29) is 12.1 Å². The zero-order valence-corrected chi connectivity index (χ0v) is 15.8. The smallest absolute Gasteiger partial charge is 0.350 e. The quantitative estimate of drug-likeness (QED) is 0.486. The van der Waals surface area contributed by atoms with Crippen molar-refractivity contribution in [1.29, 1.82) is 0 Å².